The van der Waals surface area contributed by atoms with Crippen LogP contribution in [0.1, 0.15) is 38.8 Å². The van der Waals surface area contributed by atoms with Crippen molar-refractivity contribution < 1.29 is 0 Å². The van der Waals surface area contributed by atoms with Crippen LogP contribution in [-0.2, 0) is 0 Å². The van der Waals surface area contributed by atoms with Crippen LogP contribution in [-0.4, -0.2) is 21.5 Å². The zero-order valence-corrected chi connectivity index (χ0v) is 11.7. The Morgan fingerprint density at radius 3 is 2.53 bits per heavy atom. The normalized spacial score (nSPS) is 10.7. The largest absolute Gasteiger partial charge is 0.370 e. The number of nitrogens with one attached hydrogen (secondary N) is 1. The molecule has 0 aliphatic rings. The van der Waals surface area contributed by atoms with Crippen LogP contribution in [0, 0.1) is 0 Å². The van der Waals surface area contributed by atoms with Gasteiger partial charge < -0.3 is 5.32 Å². The summed E-state index contributed by atoms with van der Waals surface area (Å²) >= 11 is 0. The monoisotopic (exact) mass is 256 g/mol. The van der Waals surface area contributed by atoms with Crippen molar-refractivity contribution in [1.82, 2.24) is 15.0 Å². The summed E-state index contributed by atoms with van der Waals surface area (Å²) in [6.07, 6.45) is 4.60. The molecular formula is C15H20N4. The molecule has 100 valence electrons. The molecule has 19 heavy (non-hydrogen) atoms. The lowest BCUT2D eigenvalue weighted by Gasteiger charge is -2.11. The third-order valence-corrected chi connectivity index (χ3v) is 2.83. The molecule has 0 aliphatic heterocycles. The Hall–Kier alpha value is -1.97. The minimum Gasteiger partial charge on any atom is -0.370 e. The molecule has 2 heterocycles. The van der Waals surface area contributed by atoms with Crippen LogP contribution >= 0.6 is 0 Å². The first-order valence-corrected chi connectivity index (χ1v) is 6.74. The minimum atomic E-state index is 0.380. The van der Waals surface area contributed by atoms with Crippen molar-refractivity contribution in [3.8, 4) is 11.4 Å². The first-order valence-electron chi connectivity index (χ1n) is 6.74. The molecule has 2 aromatic rings. The van der Waals surface area contributed by atoms with Gasteiger partial charge in [0.05, 0.1) is 0 Å². The van der Waals surface area contributed by atoms with Gasteiger partial charge in [-0.25, -0.2) is 9.97 Å². The SMILES string of the molecule is CCCNc1cc(C(C)C)nc(-c2ccncc2)n1. The molecule has 0 aliphatic carbocycles. The van der Waals surface area contributed by atoms with E-state index in [1.807, 2.05) is 18.2 Å². The lowest BCUT2D eigenvalue weighted by molar-refractivity contribution is 0.815. The van der Waals surface area contributed by atoms with Crippen molar-refractivity contribution in [2.75, 3.05) is 11.9 Å². The molecule has 4 nitrogen and oxygen atoms in total. The zero-order chi connectivity index (χ0) is 13.7. The maximum atomic E-state index is 4.63. The van der Waals surface area contributed by atoms with Gasteiger partial charge in [0, 0.05) is 36.3 Å². The van der Waals surface area contributed by atoms with Gasteiger partial charge in [0.2, 0.25) is 0 Å². The van der Waals surface area contributed by atoms with Gasteiger partial charge in [-0.1, -0.05) is 20.8 Å². The summed E-state index contributed by atoms with van der Waals surface area (Å²) in [6, 6.07) is 5.90. The van der Waals surface area contributed by atoms with Gasteiger partial charge in [-0.3, -0.25) is 4.98 Å². The molecule has 0 unspecified atom stereocenters. The van der Waals surface area contributed by atoms with E-state index in [9.17, 15) is 0 Å². The van der Waals surface area contributed by atoms with Gasteiger partial charge in [-0.15, -0.1) is 0 Å². The van der Waals surface area contributed by atoms with Crippen LogP contribution < -0.4 is 5.32 Å². The van der Waals surface area contributed by atoms with Crippen molar-refractivity contribution in [2.45, 2.75) is 33.1 Å². The Balaban J connectivity index is 2.39. The number of hydrogen-bond acceptors (Lipinski definition) is 4. The summed E-state index contributed by atoms with van der Waals surface area (Å²) in [5, 5.41) is 3.33. The Morgan fingerprint density at radius 1 is 1.16 bits per heavy atom. The average Bonchev–Trinajstić information content (AvgIpc) is 2.45. The fourth-order valence-electron chi connectivity index (χ4n) is 1.74. The molecule has 0 aromatic carbocycles. The molecule has 2 rings (SSSR count). The third-order valence-electron chi connectivity index (χ3n) is 2.83. The fourth-order valence-corrected chi connectivity index (χ4v) is 1.74. The topological polar surface area (TPSA) is 50.7 Å². The predicted octanol–water partition coefficient (Wildman–Crippen LogP) is 3.48. The van der Waals surface area contributed by atoms with Gasteiger partial charge in [0.25, 0.3) is 0 Å². The van der Waals surface area contributed by atoms with Gasteiger partial charge in [0.15, 0.2) is 5.82 Å². The quantitative estimate of drug-likeness (QED) is 0.889. The highest BCUT2D eigenvalue weighted by Gasteiger charge is 2.09. The highest BCUT2D eigenvalue weighted by Crippen LogP contribution is 2.21. The molecule has 0 saturated heterocycles. The Bertz CT molecular complexity index is 523. The van der Waals surface area contributed by atoms with E-state index in [-0.39, 0.29) is 0 Å². The lowest BCUT2D eigenvalue weighted by Crippen LogP contribution is -2.06. The van der Waals surface area contributed by atoms with Crippen LogP contribution in [0.5, 0.6) is 0 Å². The lowest BCUT2D eigenvalue weighted by atomic mass is 10.1. The van der Waals surface area contributed by atoms with E-state index in [1.165, 1.54) is 0 Å². The standard InChI is InChI=1S/C15H20N4/c1-4-7-17-14-10-13(11(2)3)18-15(19-14)12-5-8-16-9-6-12/h5-6,8-11H,4,7H2,1-3H3,(H,17,18,19). The van der Waals surface area contributed by atoms with Crippen LogP contribution in [0.3, 0.4) is 0 Å². The molecule has 2 aromatic heterocycles. The molecule has 4 heteroatoms. The van der Waals surface area contributed by atoms with Crippen LogP contribution in [0.4, 0.5) is 5.82 Å². The molecule has 0 saturated carbocycles. The zero-order valence-electron chi connectivity index (χ0n) is 11.7. The van der Waals surface area contributed by atoms with Gasteiger partial charge in [-0.2, -0.15) is 0 Å². The summed E-state index contributed by atoms with van der Waals surface area (Å²) in [7, 11) is 0. The summed E-state index contributed by atoms with van der Waals surface area (Å²) in [5.41, 5.74) is 2.05. The maximum absolute atomic E-state index is 4.63. The number of anilines is 1. The van der Waals surface area contributed by atoms with Crippen molar-refractivity contribution in [3.05, 3.63) is 36.3 Å². The first kappa shape index (κ1) is 13.5. The van der Waals surface area contributed by atoms with E-state index in [0.29, 0.717) is 5.92 Å². The highest BCUT2D eigenvalue weighted by atomic mass is 15.0. The number of aromatic nitrogens is 3. The molecule has 0 spiro atoms. The van der Waals surface area contributed by atoms with E-state index >= 15 is 0 Å². The van der Waals surface area contributed by atoms with Crippen LogP contribution in [0.15, 0.2) is 30.6 Å². The summed E-state index contributed by atoms with van der Waals surface area (Å²) in [6.45, 7) is 7.34. The minimum absolute atomic E-state index is 0.380. The molecule has 1 N–H and O–H groups in total. The van der Waals surface area contributed by atoms with E-state index < -0.39 is 0 Å². The first-order chi connectivity index (χ1) is 9.20. The second-order valence-electron chi connectivity index (χ2n) is 4.82. The molecule has 0 amide bonds. The smallest absolute Gasteiger partial charge is 0.161 e. The third kappa shape index (κ3) is 3.50. The number of pyridine rings is 1. The van der Waals surface area contributed by atoms with E-state index in [4.69, 9.17) is 0 Å². The molecule has 0 bridgehead atoms. The number of hydrogen-bond donors (Lipinski definition) is 1. The molecule has 0 atom stereocenters. The summed E-state index contributed by atoms with van der Waals surface area (Å²) in [5.74, 6) is 2.03. The Morgan fingerprint density at radius 2 is 1.89 bits per heavy atom. The number of nitrogens with zero attached hydrogens (tertiary/aromatic N) is 3. The van der Waals surface area contributed by atoms with Gasteiger partial charge >= 0.3 is 0 Å². The van der Waals surface area contributed by atoms with Crippen molar-refractivity contribution in [2.24, 2.45) is 0 Å². The van der Waals surface area contributed by atoms with E-state index in [1.54, 1.807) is 12.4 Å². The summed E-state index contributed by atoms with van der Waals surface area (Å²) in [4.78, 5) is 13.2. The predicted molar refractivity (Wildman–Crippen MR) is 78.1 cm³/mol. The van der Waals surface area contributed by atoms with Crippen molar-refractivity contribution in [3.63, 3.8) is 0 Å². The maximum Gasteiger partial charge on any atom is 0.161 e. The Labute approximate surface area is 114 Å². The van der Waals surface area contributed by atoms with Crippen molar-refractivity contribution in [1.29, 1.82) is 0 Å². The number of rotatable bonds is 5. The van der Waals surface area contributed by atoms with Crippen molar-refractivity contribution >= 4 is 5.82 Å². The highest BCUT2D eigenvalue weighted by molar-refractivity contribution is 5.56. The average molecular weight is 256 g/mol. The second kappa shape index (κ2) is 6.27. The Kier molecular flexibility index (Phi) is 4.44. The molecule has 0 fully saturated rings. The van der Waals surface area contributed by atoms with E-state index in [0.717, 1.165) is 35.9 Å². The summed E-state index contributed by atoms with van der Waals surface area (Å²) < 4.78 is 0. The molecule has 0 radical (unpaired) electrons. The van der Waals surface area contributed by atoms with Crippen LogP contribution in [0.2, 0.25) is 0 Å². The fraction of sp³-hybridized carbons (Fsp3) is 0.400. The second-order valence-corrected chi connectivity index (χ2v) is 4.82. The van der Waals surface area contributed by atoms with Gasteiger partial charge in [0.1, 0.15) is 5.82 Å². The van der Waals surface area contributed by atoms with E-state index in [2.05, 4.69) is 41.0 Å². The molecular weight excluding hydrogens is 236 g/mol. The van der Waals surface area contributed by atoms with Crippen LogP contribution in [0.25, 0.3) is 11.4 Å². The van der Waals surface area contributed by atoms with Gasteiger partial charge in [-0.05, 0) is 24.5 Å².